The summed E-state index contributed by atoms with van der Waals surface area (Å²) in [5.74, 6) is -0.497. The number of carbonyl (C=O) groups is 1. The minimum Gasteiger partial charge on any atom is -0.493 e. The molecule has 0 aliphatic carbocycles. The first-order valence-corrected chi connectivity index (χ1v) is 13.1. The van der Waals surface area contributed by atoms with Crippen LogP contribution in [0.15, 0.2) is 42.5 Å². The lowest BCUT2D eigenvalue weighted by Gasteiger charge is -2.12. The van der Waals surface area contributed by atoms with Crippen molar-refractivity contribution < 1.29 is 32.0 Å². The van der Waals surface area contributed by atoms with E-state index < -0.39 is 16.1 Å². The lowest BCUT2D eigenvalue weighted by atomic mass is 10.0. The van der Waals surface area contributed by atoms with Crippen molar-refractivity contribution in [3.05, 3.63) is 64.7 Å². The molecule has 0 fully saturated rings. The van der Waals surface area contributed by atoms with Gasteiger partial charge in [0.05, 0.1) is 25.0 Å². The van der Waals surface area contributed by atoms with Crippen molar-refractivity contribution in [2.75, 3.05) is 19.5 Å². The summed E-state index contributed by atoms with van der Waals surface area (Å²) in [5, 5.41) is 9.30. The van der Waals surface area contributed by atoms with Gasteiger partial charge in [0.25, 0.3) is 0 Å². The van der Waals surface area contributed by atoms with Crippen molar-refractivity contribution in [2.24, 2.45) is 0 Å². The van der Waals surface area contributed by atoms with E-state index in [0.29, 0.717) is 31.8 Å². The molecule has 0 amide bonds. The van der Waals surface area contributed by atoms with Gasteiger partial charge in [0, 0.05) is 6.61 Å². The molecule has 2 aromatic carbocycles. The van der Waals surface area contributed by atoms with Gasteiger partial charge in [0.15, 0.2) is 11.5 Å². The fourth-order valence-corrected chi connectivity index (χ4v) is 4.32. The average Bonchev–Trinajstić information content (AvgIpc) is 2.81. The van der Waals surface area contributed by atoms with Crippen molar-refractivity contribution in [3.8, 4) is 11.5 Å². The highest BCUT2D eigenvalue weighted by molar-refractivity contribution is 7.87. The summed E-state index contributed by atoms with van der Waals surface area (Å²) in [6, 6.07) is 10.1. The molecule has 0 unspecified atom stereocenters. The van der Waals surface area contributed by atoms with Gasteiger partial charge < -0.3 is 18.8 Å². The summed E-state index contributed by atoms with van der Waals surface area (Å²) in [6.07, 6.45) is 7.72. The lowest BCUT2D eigenvalue weighted by Crippen LogP contribution is -2.14. The Morgan fingerprint density at radius 2 is 1.79 bits per heavy atom. The lowest BCUT2D eigenvalue weighted by molar-refractivity contribution is 0.0696. The van der Waals surface area contributed by atoms with Gasteiger partial charge in [-0.3, -0.25) is 0 Å². The van der Waals surface area contributed by atoms with Crippen molar-refractivity contribution >= 4 is 22.2 Å². The first kappa shape index (κ1) is 27.4. The molecule has 0 aliphatic rings. The number of benzene rings is 2. The van der Waals surface area contributed by atoms with E-state index in [0.717, 1.165) is 36.0 Å². The third-order valence-electron chi connectivity index (χ3n) is 5.13. The highest BCUT2D eigenvalue weighted by Gasteiger charge is 2.16. The molecule has 8 heteroatoms. The quantitative estimate of drug-likeness (QED) is 0.261. The molecule has 0 heterocycles. The van der Waals surface area contributed by atoms with Crippen LogP contribution >= 0.6 is 0 Å². The predicted molar refractivity (Wildman–Crippen MR) is 133 cm³/mol. The zero-order valence-corrected chi connectivity index (χ0v) is 20.9. The van der Waals surface area contributed by atoms with Crippen LogP contribution in [0.4, 0.5) is 0 Å². The molecule has 0 aromatic heterocycles. The molecule has 7 nitrogen and oxygen atoms in total. The number of aromatic carboxylic acids is 1. The van der Waals surface area contributed by atoms with Gasteiger partial charge in [-0.25, -0.2) is 4.79 Å². The van der Waals surface area contributed by atoms with E-state index in [4.69, 9.17) is 13.7 Å². The van der Waals surface area contributed by atoms with Crippen molar-refractivity contribution in [3.63, 3.8) is 0 Å². The minimum atomic E-state index is -3.67. The van der Waals surface area contributed by atoms with Gasteiger partial charge >= 0.3 is 16.1 Å². The average molecular weight is 491 g/mol. The summed E-state index contributed by atoms with van der Waals surface area (Å²) in [4.78, 5) is 11.3. The van der Waals surface area contributed by atoms with Gasteiger partial charge in [0.1, 0.15) is 0 Å². The summed E-state index contributed by atoms with van der Waals surface area (Å²) in [5.41, 5.74) is 2.83. The van der Waals surface area contributed by atoms with Crippen LogP contribution in [0, 0.1) is 0 Å². The summed E-state index contributed by atoms with van der Waals surface area (Å²) in [6.45, 7) is 4.97. The van der Waals surface area contributed by atoms with Crippen molar-refractivity contribution in [2.45, 2.75) is 52.6 Å². The number of carboxylic acids is 1. The van der Waals surface area contributed by atoms with E-state index >= 15 is 0 Å². The predicted octanol–water partition coefficient (Wildman–Crippen LogP) is 5.47. The van der Waals surface area contributed by atoms with Gasteiger partial charge in [0.2, 0.25) is 0 Å². The zero-order chi connectivity index (χ0) is 25.0. The van der Waals surface area contributed by atoms with E-state index in [1.807, 2.05) is 19.1 Å². The number of unbranched alkanes of at least 4 members (excludes halogenated alkanes) is 2. The second-order valence-electron chi connectivity index (χ2n) is 7.92. The normalized spacial score (nSPS) is 11.6. The Morgan fingerprint density at radius 1 is 1.03 bits per heavy atom. The topological polar surface area (TPSA) is 99.1 Å². The number of hydrogen-bond donors (Lipinski definition) is 1. The Morgan fingerprint density at radius 3 is 2.47 bits per heavy atom. The fourth-order valence-electron chi connectivity index (χ4n) is 3.18. The van der Waals surface area contributed by atoms with E-state index in [1.165, 1.54) is 7.11 Å². The number of rotatable bonds is 15. The van der Waals surface area contributed by atoms with Crippen LogP contribution in [0.5, 0.6) is 11.5 Å². The minimum absolute atomic E-state index is 0.0394. The van der Waals surface area contributed by atoms with Crippen molar-refractivity contribution in [1.29, 1.82) is 0 Å². The third-order valence-corrected chi connectivity index (χ3v) is 6.36. The van der Waals surface area contributed by atoms with Crippen LogP contribution in [0.1, 0.15) is 66.6 Å². The van der Waals surface area contributed by atoms with Crippen LogP contribution in [0.2, 0.25) is 0 Å². The third kappa shape index (κ3) is 8.83. The largest absolute Gasteiger partial charge is 0.493 e. The Bertz CT molecular complexity index is 1070. The number of methoxy groups -OCH3 is 1. The molecule has 0 saturated heterocycles. The van der Waals surface area contributed by atoms with E-state index in [2.05, 4.69) is 6.92 Å². The summed E-state index contributed by atoms with van der Waals surface area (Å²) >= 11 is 0. The fraction of sp³-hybridized carbons (Fsp3) is 0.423. The number of allylic oxidation sites excluding steroid dienone is 1. The van der Waals surface area contributed by atoms with Gasteiger partial charge in [-0.05, 0) is 60.2 Å². The molecular formula is C26H34O7S. The number of hydrogen-bond acceptors (Lipinski definition) is 6. The maximum atomic E-state index is 12.1. The maximum Gasteiger partial charge on any atom is 0.335 e. The Hall–Kier alpha value is -2.84. The van der Waals surface area contributed by atoms with Gasteiger partial charge in [-0.2, -0.15) is 8.42 Å². The molecule has 0 radical (unpaired) electrons. The molecular weight excluding hydrogens is 456 g/mol. The Kier molecular flexibility index (Phi) is 11.1. The zero-order valence-electron chi connectivity index (χ0n) is 20.1. The molecule has 1 N–H and O–H groups in total. The Labute approximate surface area is 202 Å². The first-order valence-electron chi connectivity index (χ1n) is 11.5. The molecule has 2 rings (SSSR count). The van der Waals surface area contributed by atoms with E-state index in [9.17, 15) is 18.3 Å². The van der Waals surface area contributed by atoms with Crippen LogP contribution in [-0.2, 0) is 27.9 Å². The SMILES string of the molecule is CCCCOCc1cc(C(=O)O)ccc1C=CCc1ccc(OS(=O)(=O)CCCC)c(OC)c1. The highest BCUT2D eigenvalue weighted by atomic mass is 32.2. The number of ether oxygens (including phenoxy) is 2. The Balaban J connectivity index is 2.14. The molecule has 34 heavy (non-hydrogen) atoms. The molecule has 186 valence electrons. The molecule has 0 atom stereocenters. The summed E-state index contributed by atoms with van der Waals surface area (Å²) in [7, 11) is -2.20. The van der Waals surface area contributed by atoms with Crippen LogP contribution < -0.4 is 8.92 Å². The second-order valence-corrected chi connectivity index (χ2v) is 9.61. The van der Waals surface area contributed by atoms with Crippen LogP contribution in [-0.4, -0.2) is 39.0 Å². The molecule has 0 saturated carbocycles. The van der Waals surface area contributed by atoms with Crippen LogP contribution in [0.25, 0.3) is 6.08 Å². The van der Waals surface area contributed by atoms with Crippen molar-refractivity contribution in [1.82, 2.24) is 0 Å². The van der Waals surface area contributed by atoms with E-state index in [1.54, 1.807) is 36.4 Å². The molecule has 0 aliphatic heterocycles. The van der Waals surface area contributed by atoms with E-state index in [-0.39, 0.29) is 17.1 Å². The maximum absolute atomic E-state index is 12.1. The monoisotopic (exact) mass is 490 g/mol. The highest BCUT2D eigenvalue weighted by Crippen LogP contribution is 2.30. The standard InChI is InChI=1S/C26H34O7S/c1-4-6-15-32-19-23-18-22(26(27)28)13-12-21(23)10-8-9-20-11-14-24(25(17-20)31-3)33-34(29,30)16-7-5-2/h8,10-14,17-18H,4-7,9,15-16,19H2,1-3H3,(H,27,28). The smallest absolute Gasteiger partial charge is 0.335 e. The van der Waals surface area contributed by atoms with Crippen LogP contribution in [0.3, 0.4) is 0 Å². The number of carboxylic acid groups (broad SMARTS) is 1. The molecule has 2 aromatic rings. The van der Waals surface area contributed by atoms with Gasteiger partial charge in [-0.15, -0.1) is 0 Å². The molecule has 0 bridgehead atoms. The first-order chi connectivity index (χ1) is 16.3. The molecule has 0 spiro atoms. The van der Waals surface area contributed by atoms with Gasteiger partial charge in [-0.1, -0.05) is 51.0 Å². The summed E-state index contributed by atoms with van der Waals surface area (Å²) < 4.78 is 40.5. The second kappa shape index (κ2) is 13.8.